The molecule has 0 amide bonds. The Balaban J connectivity index is 1.65. The van der Waals surface area contributed by atoms with Crippen molar-refractivity contribution < 1.29 is 0 Å². The number of nitrogens with zero attached hydrogens (tertiary/aromatic N) is 3. The maximum absolute atomic E-state index is 4.46. The summed E-state index contributed by atoms with van der Waals surface area (Å²) in [6.07, 6.45) is 2.88. The van der Waals surface area contributed by atoms with E-state index in [9.17, 15) is 0 Å². The zero-order valence-electron chi connectivity index (χ0n) is 13.6. The number of azo groups is 1. The van der Waals surface area contributed by atoms with Gasteiger partial charge in [-0.2, -0.15) is 10.2 Å². The highest BCUT2D eigenvalue weighted by Gasteiger charge is 1.94. The lowest BCUT2D eigenvalue weighted by Gasteiger charge is -1.97. The van der Waals surface area contributed by atoms with Crippen molar-refractivity contribution >= 4 is 23.3 Å². The molecule has 0 unspecified atom stereocenters. The second-order valence-corrected chi connectivity index (χ2v) is 5.41. The van der Waals surface area contributed by atoms with Crippen LogP contribution in [0.4, 0.5) is 17.1 Å². The average molecular weight is 313 g/mol. The first-order chi connectivity index (χ1) is 11.8. The molecule has 0 aliphatic carbocycles. The van der Waals surface area contributed by atoms with Crippen LogP contribution in [0.2, 0.25) is 0 Å². The average Bonchev–Trinajstić information content (AvgIpc) is 2.67. The Morgan fingerprint density at radius 1 is 0.667 bits per heavy atom. The highest BCUT2D eigenvalue weighted by molar-refractivity contribution is 5.81. The molecule has 0 saturated heterocycles. The van der Waals surface area contributed by atoms with Crippen LogP contribution in [0.5, 0.6) is 0 Å². The maximum Gasteiger partial charge on any atom is 0.0858 e. The Labute approximate surface area is 142 Å². The Kier molecular flexibility index (Phi) is 5.25. The van der Waals surface area contributed by atoms with Gasteiger partial charge in [-0.25, -0.2) is 0 Å². The van der Waals surface area contributed by atoms with Crippen LogP contribution in [0.3, 0.4) is 0 Å². The molecular weight excluding hydrogens is 294 g/mol. The van der Waals surface area contributed by atoms with E-state index >= 15 is 0 Å². The molecule has 0 aliphatic heterocycles. The lowest BCUT2D eigenvalue weighted by atomic mass is 10.2. The fourth-order valence-electron chi connectivity index (χ4n) is 2.21. The third kappa shape index (κ3) is 4.46. The summed E-state index contributed by atoms with van der Waals surface area (Å²) in [7, 11) is 0. The van der Waals surface area contributed by atoms with Crippen molar-refractivity contribution in [1.29, 1.82) is 0 Å². The molecule has 118 valence electrons. The third-order valence-corrected chi connectivity index (χ3v) is 3.64. The van der Waals surface area contributed by atoms with Gasteiger partial charge in [-0.1, -0.05) is 49.4 Å². The molecular formula is C21H19N3. The summed E-state index contributed by atoms with van der Waals surface area (Å²) < 4.78 is 0. The second-order valence-electron chi connectivity index (χ2n) is 5.41. The van der Waals surface area contributed by atoms with Gasteiger partial charge in [0.1, 0.15) is 0 Å². The molecule has 3 nitrogen and oxygen atoms in total. The van der Waals surface area contributed by atoms with Crippen LogP contribution in [-0.4, -0.2) is 6.21 Å². The van der Waals surface area contributed by atoms with Crippen molar-refractivity contribution in [3.63, 3.8) is 0 Å². The molecule has 24 heavy (non-hydrogen) atoms. The lowest BCUT2D eigenvalue weighted by molar-refractivity contribution is 1.13. The van der Waals surface area contributed by atoms with Crippen LogP contribution >= 0.6 is 0 Å². The van der Waals surface area contributed by atoms with Crippen molar-refractivity contribution in [2.24, 2.45) is 15.2 Å². The van der Waals surface area contributed by atoms with E-state index in [1.54, 1.807) is 0 Å². The molecule has 0 spiro atoms. The number of aryl methyl sites for hydroxylation is 1. The minimum Gasteiger partial charge on any atom is -0.256 e. The highest BCUT2D eigenvalue weighted by atomic mass is 15.1. The first-order valence-electron chi connectivity index (χ1n) is 8.03. The molecule has 3 heteroatoms. The molecule has 0 heterocycles. The molecule has 0 saturated carbocycles. The van der Waals surface area contributed by atoms with Crippen molar-refractivity contribution in [3.8, 4) is 0 Å². The van der Waals surface area contributed by atoms with E-state index in [-0.39, 0.29) is 0 Å². The van der Waals surface area contributed by atoms with Gasteiger partial charge in [-0.15, -0.1) is 0 Å². The third-order valence-electron chi connectivity index (χ3n) is 3.64. The molecule has 0 atom stereocenters. The van der Waals surface area contributed by atoms with Gasteiger partial charge in [0.15, 0.2) is 0 Å². The zero-order chi connectivity index (χ0) is 16.6. The number of aliphatic imine (C=N–C) groups is 1. The number of rotatable bonds is 5. The molecule has 3 aromatic carbocycles. The van der Waals surface area contributed by atoms with Crippen molar-refractivity contribution in [2.75, 3.05) is 0 Å². The summed E-state index contributed by atoms with van der Waals surface area (Å²) in [4.78, 5) is 4.46. The lowest BCUT2D eigenvalue weighted by Crippen LogP contribution is -1.77. The minimum atomic E-state index is 0.813. The smallest absolute Gasteiger partial charge is 0.0858 e. The minimum absolute atomic E-state index is 0.813. The standard InChI is InChI=1S/C21H19N3/c1-2-17-8-10-20(11-9-17)23-24-21-14-12-19(13-15-21)22-16-18-6-4-3-5-7-18/h3-16H,2H2,1H3. The predicted molar refractivity (Wildman–Crippen MR) is 100 cm³/mol. The van der Waals surface area contributed by atoms with Crippen LogP contribution < -0.4 is 0 Å². The maximum atomic E-state index is 4.46. The van der Waals surface area contributed by atoms with Crippen LogP contribution in [0.25, 0.3) is 0 Å². The Hall–Kier alpha value is -3.07. The quantitative estimate of drug-likeness (QED) is 0.385. The number of hydrogen-bond acceptors (Lipinski definition) is 3. The number of benzene rings is 3. The molecule has 0 N–H and O–H groups in total. The van der Waals surface area contributed by atoms with Gasteiger partial charge in [-0.05, 0) is 53.9 Å². The van der Waals surface area contributed by atoms with Crippen molar-refractivity contribution in [2.45, 2.75) is 13.3 Å². The van der Waals surface area contributed by atoms with Gasteiger partial charge in [0, 0.05) is 6.21 Å². The van der Waals surface area contributed by atoms with E-state index < -0.39 is 0 Å². The summed E-state index contributed by atoms with van der Waals surface area (Å²) in [5, 5.41) is 8.53. The molecule has 0 aromatic heterocycles. The summed E-state index contributed by atoms with van der Waals surface area (Å²) in [6.45, 7) is 2.14. The highest BCUT2D eigenvalue weighted by Crippen LogP contribution is 2.22. The monoisotopic (exact) mass is 313 g/mol. The van der Waals surface area contributed by atoms with Crippen molar-refractivity contribution in [1.82, 2.24) is 0 Å². The van der Waals surface area contributed by atoms with Gasteiger partial charge in [-0.3, -0.25) is 4.99 Å². The van der Waals surface area contributed by atoms with E-state index in [0.717, 1.165) is 29.0 Å². The van der Waals surface area contributed by atoms with Crippen LogP contribution in [0.15, 0.2) is 94.1 Å². The predicted octanol–water partition coefficient (Wildman–Crippen LogP) is 6.42. The fraction of sp³-hybridized carbons (Fsp3) is 0.0952. The molecule has 0 bridgehead atoms. The van der Waals surface area contributed by atoms with Gasteiger partial charge in [0.2, 0.25) is 0 Å². The summed E-state index contributed by atoms with van der Waals surface area (Å²) in [6, 6.07) is 25.9. The van der Waals surface area contributed by atoms with Gasteiger partial charge in [0.25, 0.3) is 0 Å². The van der Waals surface area contributed by atoms with Crippen LogP contribution in [0.1, 0.15) is 18.1 Å². The first-order valence-corrected chi connectivity index (χ1v) is 8.03. The van der Waals surface area contributed by atoms with E-state index in [4.69, 9.17) is 0 Å². The fourth-order valence-corrected chi connectivity index (χ4v) is 2.21. The Morgan fingerprint density at radius 2 is 1.21 bits per heavy atom. The van der Waals surface area contributed by atoms with Gasteiger partial charge in [0.05, 0.1) is 17.1 Å². The first kappa shape index (κ1) is 15.8. The second kappa shape index (κ2) is 7.97. The normalized spacial score (nSPS) is 11.4. The number of hydrogen-bond donors (Lipinski definition) is 0. The summed E-state index contributed by atoms with van der Waals surface area (Å²) in [5.41, 5.74) is 4.95. The largest absolute Gasteiger partial charge is 0.256 e. The van der Waals surface area contributed by atoms with Crippen molar-refractivity contribution in [3.05, 3.63) is 90.0 Å². The molecule has 3 aromatic rings. The topological polar surface area (TPSA) is 37.1 Å². The Bertz CT molecular complexity index is 817. The zero-order valence-corrected chi connectivity index (χ0v) is 13.6. The van der Waals surface area contributed by atoms with Crippen LogP contribution in [0, 0.1) is 0 Å². The van der Waals surface area contributed by atoms with Gasteiger partial charge < -0.3 is 0 Å². The summed E-state index contributed by atoms with van der Waals surface area (Å²) in [5.74, 6) is 0. The van der Waals surface area contributed by atoms with E-state index in [0.29, 0.717) is 0 Å². The molecule has 3 rings (SSSR count). The SMILES string of the molecule is CCc1ccc(N=Nc2ccc(N=Cc3ccccc3)cc2)cc1. The van der Waals surface area contributed by atoms with E-state index in [1.165, 1.54) is 5.56 Å². The van der Waals surface area contributed by atoms with E-state index in [2.05, 4.69) is 34.3 Å². The summed E-state index contributed by atoms with van der Waals surface area (Å²) >= 11 is 0. The Morgan fingerprint density at radius 3 is 1.79 bits per heavy atom. The molecule has 0 radical (unpaired) electrons. The van der Waals surface area contributed by atoms with E-state index in [1.807, 2.05) is 72.9 Å². The van der Waals surface area contributed by atoms with Gasteiger partial charge >= 0.3 is 0 Å². The molecule has 0 aliphatic rings. The molecule has 0 fully saturated rings. The van der Waals surface area contributed by atoms with Crippen LogP contribution in [-0.2, 0) is 6.42 Å².